The summed E-state index contributed by atoms with van der Waals surface area (Å²) in [5.74, 6) is 0.709. The molecule has 26 heavy (non-hydrogen) atoms. The molecule has 1 aromatic heterocycles. The molecular weight excluding hydrogens is 376 g/mol. The fourth-order valence-electron chi connectivity index (χ4n) is 3.55. The van der Waals surface area contributed by atoms with Gasteiger partial charge in [-0.15, -0.1) is 12.4 Å². The van der Waals surface area contributed by atoms with Crippen molar-refractivity contribution in [1.29, 1.82) is 0 Å². The van der Waals surface area contributed by atoms with Crippen LogP contribution in [0.15, 0.2) is 45.8 Å². The lowest BCUT2D eigenvalue weighted by Crippen LogP contribution is -2.44. The van der Waals surface area contributed by atoms with E-state index in [9.17, 15) is 8.42 Å². The molecule has 0 bridgehead atoms. The molecule has 0 amide bonds. The molecule has 7 nitrogen and oxygen atoms in total. The summed E-state index contributed by atoms with van der Waals surface area (Å²) < 4.78 is 32.5. The highest BCUT2D eigenvalue weighted by atomic mass is 35.5. The van der Waals surface area contributed by atoms with Crippen molar-refractivity contribution in [3.05, 3.63) is 48.1 Å². The maximum atomic E-state index is 13.0. The zero-order chi connectivity index (χ0) is 17.2. The van der Waals surface area contributed by atoms with Gasteiger partial charge in [-0.05, 0) is 36.8 Å². The minimum absolute atomic E-state index is 0. The summed E-state index contributed by atoms with van der Waals surface area (Å²) in [6.45, 7) is -0.000787. The number of rotatable bonds is 3. The van der Waals surface area contributed by atoms with E-state index in [-0.39, 0.29) is 24.8 Å². The Bertz CT molecular complexity index is 1100. The topological polar surface area (TPSA) is 102 Å². The number of halogens is 1. The molecule has 2 aromatic carbocycles. The third kappa shape index (κ3) is 2.26. The van der Waals surface area contributed by atoms with E-state index >= 15 is 0 Å². The highest BCUT2D eigenvalue weighted by Crippen LogP contribution is 2.43. The average Bonchev–Trinajstić information content (AvgIpc) is 3.12. The number of benzene rings is 2. The largest absolute Gasteiger partial charge is 0.337 e. The number of nitrogens with zero attached hydrogens (tertiary/aromatic N) is 3. The zero-order valence-electron chi connectivity index (χ0n) is 13.8. The number of aromatic nitrogens is 2. The first-order valence-electron chi connectivity index (χ1n) is 8.15. The van der Waals surface area contributed by atoms with Crippen LogP contribution in [0.1, 0.15) is 31.0 Å². The predicted octanol–water partition coefficient (Wildman–Crippen LogP) is 2.69. The lowest BCUT2D eigenvalue weighted by Gasteiger charge is -2.34. The SMILES string of the molecule is Cl.NC1(c2noc(CN3c4cccc5cccc(c45)S3(=O)=O)n2)CCC1. The van der Waals surface area contributed by atoms with E-state index in [4.69, 9.17) is 10.3 Å². The van der Waals surface area contributed by atoms with Crippen LogP contribution in [0.2, 0.25) is 0 Å². The van der Waals surface area contributed by atoms with Crippen molar-refractivity contribution in [3.8, 4) is 0 Å². The van der Waals surface area contributed by atoms with Gasteiger partial charge in [0.25, 0.3) is 10.0 Å². The molecule has 136 valence electrons. The van der Waals surface area contributed by atoms with Gasteiger partial charge in [0.05, 0.1) is 16.1 Å². The molecule has 0 atom stereocenters. The first kappa shape index (κ1) is 17.3. The highest BCUT2D eigenvalue weighted by Gasteiger charge is 2.40. The minimum Gasteiger partial charge on any atom is -0.337 e. The van der Waals surface area contributed by atoms with Gasteiger partial charge < -0.3 is 10.3 Å². The summed E-state index contributed by atoms with van der Waals surface area (Å²) in [6, 6.07) is 10.8. The van der Waals surface area contributed by atoms with E-state index in [0.29, 0.717) is 16.4 Å². The van der Waals surface area contributed by atoms with E-state index in [1.807, 2.05) is 18.2 Å². The highest BCUT2D eigenvalue weighted by molar-refractivity contribution is 7.93. The van der Waals surface area contributed by atoms with Gasteiger partial charge in [-0.2, -0.15) is 4.98 Å². The third-order valence-corrected chi connectivity index (χ3v) is 6.92. The van der Waals surface area contributed by atoms with Crippen molar-refractivity contribution in [3.63, 3.8) is 0 Å². The maximum absolute atomic E-state index is 13.0. The molecule has 0 saturated heterocycles. The molecule has 1 aliphatic carbocycles. The second kappa shape index (κ2) is 5.67. The Kier molecular flexibility index (Phi) is 3.76. The number of sulfonamides is 1. The molecular formula is C17H17ClN4O3S. The van der Waals surface area contributed by atoms with Crippen molar-refractivity contribution in [1.82, 2.24) is 10.1 Å². The zero-order valence-corrected chi connectivity index (χ0v) is 15.4. The molecule has 5 rings (SSSR count). The summed E-state index contributed by atoms with van der Waals surface area (Å²) >= 11 is 0. The van der Waals surface area contributed by atoms with E-state index in [0.717, 1.165) is 30.0 Å². The van der Waals surface area contributed by atoms with Crippen LogP contribution in [0.4, 0.5) is 5.69 Å². The molecule has 3 aromatic rings. The van der Waals surface area contributed by atoms with Crippen molar-refractivity contribution >= 4 is 38.9 Å². The Balaban J connectivity index is 0.00000168. The molecule has 2 heterocycles. The van der Waals surface area contributed by atoms with Gasteiger partial charge in [-0.3, -0.25) is 4.31 Å². The predicted molar refractivity (Wildman–Crippen MR) is 98.6 cm³/mol. The second-order valence-electron chi connectivity index (χ2n) is 6.66. The first-order valence-corrected chi connectivity index (χ1v) is 9.59. The van der Waals surface area contributed by atoms with Crippen molar-refractivity contribution in [2.75, 3.05) is 4.31 Å². The molecule has 0 spiro atoms. The quantitative estimate of drug-likeness (QED) is 0.735. The maximum Gasteiger partial charge on any atom is 0.265 e. The standard InChI is InChI=1S/C17H16N4O3S.ClH/c18-17(8-3-9-17)16-19-14(24-20-16)10-21-12-6-1-4-11-5-2-7-13(15(11)12)25(21,22)23;/h1-2,4-7H,3,8-10,18H2;1H. The molecule has 1 saturated carbocycles. The van der Waals surface area contributed by atoms with Gasteiger partial charge >= 0.3 is 0 Å². The smallest absolute Gasteiger partial charge is 0.265 e. The first-order chi connectivity index (χ1) is 12.0. The van der Waals surface area contributed by atoms with Crippen LogP contribution in [0, 0.1) is 0 Å². The van der Waals surface area contributed by atoms with E-state index in [2.05, 4.69) is 10.1 Å². The Morgan fingerprint density at radius 3 is 2.62 bits per heavy atom. The summed E-state index contributed by atoms with van der Waals surface area (Å²) in [5, 5.41) is 5.59. The van der Waals surface area contributed by atoms with Crippen LogP contribution in [0.25, 0.3) is 10.8 Å². The molecule has 0 unspecified atom stereocenters. The van der Waals surface area contributed by atoms with Gasteiger partial charge in [0.1, 0.15) is 6.54 Å². The lowest BCUT2D eigenvalue weighted by molar-refractivity contribution is 0.229. The van der Waals surface area contributed by atoms with Crippen LogP contribution >= 0.6 is 12.4 Å². The van der Waals surface area contributed by atoms with E-state index < -0.39 is 15.6 Å². The number of hydrogen-bond donors (Lipinski definition) is 1. The third-order valence-electron chi connectivity index (χ3n) is 5.12. The van der Waals surface area contributed by atoms with Crippen molar-refractivity contribution in [2.45, 2.75) is 36.2 Å². The van der Waals surface area contributed by atoms with E-state index in [1.54, 1.807) is 18.2 Å². The Hall–Kier alpha value is -2.16. The van der Waals surface area contributed by atoms with Crippen LogP contribution in [0.3, 0.4) is 0 Å². The van der Waals surface area contributed by atoms with Gasteiger partial charge in [0.2, 0.25) is 5.89 Å². The normalized spacial score (nSPS) is 19.2. The average molecular weight is 393 g/mol. The van der Waals surface area contributed by atoms with Gasteiger partial charge in [0, 0.05) is 5.39 Å². The Labute approximate surface area is 156 Å². The molecule has 1 aliphatic heterocycles. The van der Waals surface area contributed by atoms with Gasteiger partial charge in [0.15, 0.2) is 5.82 Å². The summed E-state index contributed by atoms with van der Waals surface area (Å²) in [4.78, 5) is 4.67. The minimum atomic E-state index is -3.64. The Morgan fingerprint density at radius 1 is 1.19 bits per heavy atom. The van der Waals surface area contributed by atoms with Crippen LogP contribution in [-0.2, 0) is 22.1 Å². The van der Waals surface area contributed by atoms with E-state index in [1.165, 1.54) is 4.31 Å². The molecule has 0 radical (unpaired) electrons. The Morgan fingerprint density at radius 2 is 1.92 bits per heavy atom. The number of nitrogens with two attached hydrogens (primary N) is 1. The fourth-order valence-corrected chi connectivity index (χ4v) is 5.21. The molecule has 2 aliphatic rings. The monoisotopic (exact) mass is 392 g/mol. The van der Waals surface area contributed by atoms with Gasteiger partial charge in [-0.1, -0.05) is 29.4 Å². The second-order valence-corrected chi connectivity index (χ2v) is 8.50. The number of anilines is 1. The molecule has 9 heteroatoms. The van der Waals surface area contributed by atoms with Crippen LogP contribution in [-0.4, -0.2) is 18.6 Å². The van der Waals surface area contributed by atoms with Crippen molar-refractivity contribution < 1.29 is 12.9 Å². The van der Waals surface area contributed by atoms with Crippen LogP contribution in [0.5, 0.6) is 0 Å². The summed E-state index contributed by atoms with van der Waals surface area (Å²) in [6.07, 6.45) is 2.68. The summed E-state index contributed by atoms with van der Waals surface area (Å²) in [7, 11) is -3.64. The lowest BCUT2D eigenvalue weighted by atomic mass is 9.77. The fraction of sp³-hybridized carbons (Fsp3) is 0.294. The molecule has 1 fully saturated rings. The number of hydrogen-bond acceptors (Lipinski definition) is 6. The van der Waals surface area contributed by atoms with Gasteiger partial charge in [-0.25, -0.2) is 8.42 Å². The van der Waals surface area contributed by atoms with Crippen molar-refractivity contribution in [2.24, 2.45) is 5.73 Å². The molecule has 2 N–H and O–H groups in total. The summed E-state index contributed by atoms with van der Waals surface area (Å²) in [5.41, 5.74) is 6.32. The van der Waals surface area contributed by atoms with Crippen LogP contribution < -0.4 is 10.0 Å².